The van der Waals surface area contributed by atoms with Crippen molar-refractivity contribution in [3.8, 4) is 11.5 Å². The highest BCUT2D eigenvalue weighted by Crippen LogP contribution is 2.30. The van der Waals surface area contributed by atoms with Crippen molar-refractivity contribution in [1.82, 2.24) is 9.80 Å². The molecule has 1 aromatic carbocycles. The van der Waals surface area contributed by atoms with Crippen molar-refractivity contribution in [3.63, 3.8) is 0 Å². The van der Waals surface area contributed by atoms with Gasteiger partial charge in [0.15, 0.2) is 11.5 Å². The van der Waals surface area contributed by atoms with E-state index < -0.39 is 0 Å². The van der Waals surface area contributed by atoms with Gasteiger partial charge in [-0.2, -0.15) is 0 Å². The SMILES string of the molecule is COc1cc(C)c(CN(C)C(=O)CN2CCC[C@@H](C(N)=O)C2)cc1OC. The Balaban J connectivity index is 1.99. The first-order valence-corrected chi connectivity index (χ1v) is 8.82. The standard InChI is InChI=1S/C19H29N3O4/c1-13-8-16(25-3)17(26-4)9-15(13)10-21(2)18(23)12-22-7-5-6-14(11-22)19(20)24/h8-9,14H,5-7,10-12H2,1-4H3,(H2,20,24)/t14-/m1/s1. The van der Waals surface area contributed by atoms with Crippen molar-refractivity contribution >= 4 is 11.8 Å². The summed E-state index contributed by atoms with van der Waals surface area (Å²) in [5.74, 6) is 0.901. The fraction of sp³-hybridized carbons (Fsp3) is 0.579. The highest BCUT2D eigenvalue weighted by atomic mass is 16.5. The van der Waals surface area contributed by atoms with E-state index in [4.69, 9.17) is 15.2 Å². The molecule has 7 heteroatoms. The van der Waals surface area contributed by atoms with E-state index >= 15 is 0 Å². The van der Waals surface area contributed by atoms with E-state index in [-0.39, 0.29) is 17.7 Å². The first-order chi connectivity index (χ1) is 12.3. The van der Waals surface area contributed by atoms with Gasteiger partial charge >= 0.3 is 0 Å². The van der Waals surface area contributed by atoms with E-state index in [9.17, 15) is 9.59 Å². The van der Waals surface area contributed by atoms with Gasteiger partial charge in [0, 0.05) is 20.1 Å². The first kappa shape index (κ1) is 20.0. The van der Waals surface area contributed by atoms with Crippen LogP contribution in [0.3, 0.4) is 0 Å². The summed E-state index contributed by atoms with van der Waals surface area (Å²) in [4.78, 5) is 27.7. The number of likely N-dealkylation sites (N-methyl/N-ethyl adjacent to an activating group) is 1. The normalized spacial score (nSPS) is 17.6. The summed E-state index contributed by atoms with van der Waals surface area (Å²) in [6, 6.07) is 3.82. The van der Waals surface area contributed by atoms with Crippen LogP contribution in [-0.4, -0.2) is 62.5 Å². The number of ether oxygens (including phenoxy) is 2. The number of rotatable bonds is 7. The molecule has 2 rings (SSSR count). The smallest absolute Gasteiger partial charge is 0.236 e. The van der Waals surface area contributed by atoms with Crippen LogP contribution in [0, 0.1) is 12.8 Å². The van der Waals surface area contributed by atoms with Crippen molar-refractivity contribution < 1.29 is 19.1 Å². The summed E-state index contributed by atoms with van der Waals surface area (Å²) in [5.41, 5.74) is 7.45. The van der Waals surface area contributed by atoms with Gasteiger partial charge in [0.2, 0.25) is 11.8 Å². The highest BCUT2D eigenvalue weighted by molar-refractivity contribution is 5.79. The molecule has 0 bridgehead atoms. The fourth-order valence-electron chi connectivity index (χ4n) is 3.28. The van der Waals surface area contributed by atoms with E-state index in [1.807, 2.05) is 24.0 Å². The zero-order valence-corrected chi connectivity index (χ0v) is 16.1. The van der Waals surface area contributed by atoms with Gasteiger partial charge in [-0.05, 0) is 49.6 Å². The molecule has 1 fully saturated rings. The molecule has 7 nitrogen and oxygen atoms in total. The monoisotopic (exact) mass is 363 g/mol. The number of aryl methyl sites for hydroxylation is 1. The maximum Gasteiger partial charge on any atom is 0.236 e. The van der Waals surface area contributed by atoms with Crippen LogP contribution in [0.1, 0.15) is 24.0 Å². The number of hydrogen-bond donors (Lipinski definition) is 1. The van der Waals surface area contributed by atoms with Crippen LogP contribution >= 0.6 is 0 Å². The molecule has 2 N–H and O–H groups in total. The molecule has 1 heterocycles. The Labute approximate surface area is 155 Å². The van der Waals surface area contributed by atoms with Crippen LogP contribution in [0.4, 0.5) is 0 Å². The minimum Gasteiger partial charge on any atom is -0.493 e. The molecule has 1 saturated heterocycles. The van der Waals surface area contributed by atoms with E-state index in [1.165, 1.54) is 0 Å². The van der Waals surface area contributed by atoms with Crippen molar-refractivity contribution in [1.29, 1.82) is 0 Å². The van der Waals surface area contributed by atoms with E-state index in [0.29, 0.717) is 31.1 Å². The predicted molar refractivity (Wildman–Crippen MR) is 99.1 cm³/mol. The number of hydrogen-bond acceptors (Lipinski definition) is 5. The van der Waals surface area contributed by atoms with Crippen LogP contribution in [0.25, 0.3) is 0 Å². The Hall–Kier alpha value is -2.28. The molecule has 0 radical (unpaired) electrons. The van der Waals surface area contributed by atoms with Crippen molar-refractivity contribution in [3.05, 3.63) is 23.3 Å². The number of carbonyl (C=O) groups is 2. The average Bonchev–Trinajstić information content (AvgIpc) is 2.62. The Kier molecular flexibility index (Phi) is 6.85. The molecular formula is C19H29N3O4. The second kappa shape index (κ2) is 8.89. The number of primary amides is 1. The maximum atomic E-state index is 12.6. The third-order valence-electron chi connectivity index (χ3n) is 4.94. The predicted octanol–water partition coefficient (Wildman–Crippen LogP) is 1.17. The molecule has 0 aromatic heterocycles. The van der Waals surface area contributed by atoms with Crippen LogP contribution in [0.15, 0.2) is 12.1 Å². The first-order valence-electron chi connectivity index (χ1n) is 8.82. The minimum atomic E-state index is -0.281. The lowest BCUT2D eigenvalue weighted by atomic mass is 9.97. The van der Waals surface area contributed by atoms with E-state index in [1.54, 1.807) is 26.2 Å². The molecule has 1 atom stereocenters. The van der Waals surface area contributed by atoms with Crippen LogP contribution < -0.4 is 15.2 Å². The third-order valence-corrected chi connectivity index (χ3v) is 4.94. The average molecular weight is 363 g/mol. The maximum absolute atomic E-state index is 12.6. The molecule has 1 aliphatic heterocycles. The number of nitrogens with two attached hydrogens (primary N) is 1. The van der Waals surface area contributed by atoms with Gasteiger partial charge in [-0.25, -0.2) is 0 Å². The van der Waals surface area contributed by atoms with Crippen LogP contribution in [0.2, 0.25) is 0 Å². The number of methoxy groups -OCH3 is 2. The van der Waals surface area contributed by atoms with Gasteiger partial charge in [-0.3, -0.25) is 14.5 Å². The summed E-state index contributed by atoms with van der Waals surface area (Å²) in [5, 5.41) is 0. The van der Waals surface area contributed by atoms with Gasteiger partial charge in [-0.1, -0.05) is 0 Å². The van der Waals surface area contributed by atoms with E-state index in [2.05, 4.69) is 0 Å². The van der Waals surface area contributed by atoms with Gasteiger partial charge in [-0.15, -0.1) is 0 Å². The Bertz CT molecular complexity index is 662. The molecule has 2 amide bonds. The topological polar surface area (TPSA) is 85.1 Å². The number of likely N-dealkylation sites (tertiary alicyclic amines) is 1. The lowest BCUT2D eigenvalue weighted by molar-refractivity contribution is -0.133. The molecule has 26 heavy (non-hydrogen) atoms. The second-order valence-electron chi connectivity index (χ2n) is 6.86. The molecule has 0 saturated carbocycles. The quantitative estimate of drug-likeness (QED) is 0.786. The minimum absolute atomic E-state index is 0.0179. The number of amides is 2. The molecule has 1 aliphatic rings. The Morgan fingerprint density at radius 3 is 2.54 bits per heavy atom. The van der Waals surface area contributed by atoms with Crippen molar-refractivity contribution in [2.75, 3.05) is 40.9 Å². The summed E-state index contributed by atoms with van der Waals surface area (Å²) < 4.78 is 10.7. The summed E-state index contributed by atoms with van der Waals surface area (Å²) in [6.07, 6.45) is 1.69. The molecule has 0 aliphatic carbocycles. The highest BCUT2D eigenvalue weighted by Gasteiger charge is 2.26. The summed E-state index contributed by atoms with van der Waals surface area (Å²) >= 11 is 0. The molecule has 1 aromatic rings. The lowest BCUT2D eigenvalue weighted by Crippen LogP contribution is -2.45. The molecular weight excluding hydrogens is 334 g/mol. The number of nitrogens with zero attached hydrogens (tertiary/aromatic N) is 2. The Morgan fingerprint density at radius 2 is 1.92 bits per heavy atom. The van der Waals surface area contributed by atoms with Crippen LogP contribution in [0.5, 0.6) is 11.5 Å². The summed E-state index contributed by atoms with van der Waals surface area (Å²) in [7, 11) is 4.98. The molecule has 0 spiro atoms. The largest absolute Gasteiger partial charge is 0.493 e. The summed E-state index contributed by atoms with van der Waals surface area (Å²) in [6.45, 7) is 4.14. The zero-order chi connectivity index (χ0) is 19.3. The van der Waals surface area contributed by atoms with Gasteiger partial charge in [0.1, 0.15) is 0 Å². The van der Waals surface area contributed by atoms with E-state index in [0.717, 1.165) is 30.5 Å². The zero-order valence-electron chi connectivity index (χ0n) is 16.1. The fourth-order valence-corrected chi connectivity index (χ4v) is 3.28. The molecule has 144 valence electrons. The van der Waals surface area contributed by atoms with Crippen LogP contribution in [-0.2, 0) is 16.1 Å². The van der Waals surface area contributed by atoms with Crippen molar-refractivity contribution in [2.45, 2.75) is 26.3 Å². The third kappa shape index (κ3) is 4.88. The number of benzene rings is 1. The number of piperidine rings is 1. The molecule has 0 unspecified atom stereocenters. The second-order valence-corrected chi connectivity index (χ2v) is 6.86. The lowest BCUT2D eigenvalue weighted by Gasteiger charge is -2.31. The van der Waals surface area contributed by atoms with Gasteiger partial charge in [0.25, 0.3) is 0 Å². The Morgan fingerprint density at radius 1 is 1.27 bits per heavy atom. The van der Waals surface area contributed by atoms with Crippen molar-refractivity contribution in [2.24, 2.45) is 11.7 Å². The van der Waals surface area contributed by atoms with Gasteiger partial charge < -0.3 is 20.1 Å². The van der Waals surface area contributed by atoms with Gasteiger partial charge in [0.05, 0.1) is 26.7 Å². The number of carbonyl (C=O) groups excluding carboxylic acids is 2.